The number of fused-ring (bicyclic) bond motifs is 2. The predicted octanol–water partition coefficient (Wildman–Crippen LogP) is 6.11. The lowest BCUT2D eigenvalue weighted by Crippen LogP contribution is -2.34. The fraction of sp³-hybridized carbons (Fsp3) is 0.308. The van der Waals surface area contributed by atoms with Crippen LogP contribution < -0.4 is 0 Å². The molecule has 4 nitrogen and oxygen atoms in total. The van der Waals surface area contributed by atoms with Crippen LogP contribution >= 0.6 is 0 Å². The van der Waals surface area contributed by atoms with Crippen LogP contribution in [0.1, 0.15) is 73.1 Å². The molecule has 154 valence electrons. The molecule has 0 heterocycles. The summed E-state index contributed by atoms with van der Waals surface area (Å²) in [4.78, 5) is 11.2. The number of rotatable bonds is 3. The smallest absolute Gasteiger partial charge is 0.335 e. The number of nitrogens with zero attached hydrogens (tertiary/aromatic N) is 1. The van der Waals surface area contributed by atoms with Gasteiger partial charge in [0, 0.05) is 11.1 Å². The van der Waals surface area contributed by atoms with Gasteiger partial charge in [0.05, 0.1) is 5.56 Å². The Kier molecular flexibility index (Phi) is 4.69. The molecule has 0 aromatic heterocycles. The van der Waals surface area contributed by atoms with E-state index < -0.39 is 5.97 Å². The number of carboxylic acid groups (broad SMARTS) is 1. The Hall–Kier alpha value is -3.14. The summed E-state index contributed by atoms with van der Waals surface area (Å²) in [7, 11) is 0. The van der Waals surface area contributed by atoms with E-state index in [1.165, 1.54) is 11.1 Å². The average Bonchev–Trinajstić information content (AvgIpc) is 2.71. The molecule has 1 aliphatic carbocycles. The van der Waals surface area contributed by atoms with Gasteiger partial charge < -0.3 is 10.3 Å². The summed E-state index contributed by atoms with van der Waals surface area (Å²) in [6, 6.07) is 17.1. The normalized spacial score (nSPS) is 17.5. The summed E-state index contributed by atoms with van der Waals surface area (Å²) < 4.78 is 0. The highest BCUT2D eigenvalue weighted by Crippen LogP contribution is 2.46. The number of aromatic carboxylic acids is 1. The molecule has 4 heteroatoms. The largest absolute Gasteiger partial charge is 0.478 e. The van der Waals surface area contributed by atoms with Crippen LogP contribution in [0.4, 0.5) is 0 Å². The highest BCUT2D eigenvalue weighted by atomic mass is 16.4. The fourth-order valence-corrected chi connectivity index (χ4v) is 4.54. The standard InChI is InChI=1S/C26H27NO3/c1-25(2)11-12-26(3,4)22-15-19(9-10-21(22)25)23(27-30)18-7-5-17-14-20(24(28)29)8-6-16(17)13-18/h5-10,13-15,30H,11-12H2,1-4H3,(H,28,29). The van der Waals surface area contributed by atoms with Crippen LogP contribution in [0.15, 0.2) is 59.8 Å². The summed E-state index contributed by atoms with van der Waals surface area (Å²) in [6.07, 6.45) is 2.26. The second kappa shape index (κ2) is 6.98. The molecule has 0 spiro atoms. The van der Waals surface area contributed by atoms with E-state index in [-0.39, 0.29) is 16.4 Å². The van der Waals surface area contributed by atoms with E-state index in [0.29, 0.717) is 5.71 Å². The van der Waals surface area contributed by atoms with Gasteiger partial charge in [-0.25, -0.2) is 4.79 Å². The van der Waals surface area contributed by atoms with Crippen molar-refractivity contribution in [2.45, 2.75) is 51.4 Å². The quantitative estimate of drug-likeness (QED) is 0.316. The summed E-state index contributed by atoms with van der Waals surface area (Å²) in [5.74, 6) is -0.946. The van der Waals surface area contributed by atoms with Crippen molar-refractivity contribution < 1.29 is 15.1 Å². The van der Waals surface area contributed by atoms with E-state index >= 15 is 0 Å². The minimum absolute atomic E-state index is 0.0675. The first kappa shape index (κ1) is 20.1. The van der Waals surface area contributed by atoms with Gasteiger partial charge in [-0.2, -0.15) is 0 Å². The Balaban J connectivity index is 1.80. The molecular formula is C26H27NO3. The van der Waals surface area contributed by atoms with Gasteiger partial charge in [-0.05, 0) is 69.8 Å². The molecule has 0 aliphatic heterocycles. The zero-order valence-electron chi connectivity index (χ0n) is 17.9. The van der Waals surface area contributed by atoms with Crippen molar-refractivity contribution in [2.24, 2.45) is 5.16 Å². The van der Waals surface area contributed by atoms with Crippen LogP contribution in [-0.2, 0) is 10.8 Å². The number of hydrogen-bond donors (Lipinski definition) is 2. The van der Waals surface area contributed by atoms with Crippen molar-refractivity contribution in [1.82, 2.24) is 0 Å². The fourth-order valence-electron chi connectivity index (χ4n) is 4.54. The number of carbonyl (C=O) groups is 1. The summed E-state index contributed by atoms with van der Waals surface area (Å²) in [6.45, 7) is 9.13. The Labute approximate surface area is 176 Å². The highest BCUT2D eigenvalue weighted by Gasteiger charge is 2.37. The van der Waals surface area contributed by atoms with Gasteiger partial charge in [0.15, 0.2) is 0 Å². The van der Waals surface area contributed by atoms with Crippen molar-refractivity contribution in [3.63, 3.8) is 0 Å². The van der Waals surface area contributed by atoms with Crippen molar-refractivity contribution in [3.05, 3.63) is 82.4 Å². The van der Waals surface area contributed by atoms with Gasteiger partial charge in [0.2, 0.25) is 0 Å². The number of oxime groups is 1. The molecule has 0 unspecified atom stereocenters. The van der Waals surface area contributed by atoms with Crippen molar-refractivity contribution >= 4 is 22.5 Å². The summed E-state index contributed by atoms with van der Waals surface area (Å²) >= 11 is 0. The zero-order chi connectivity index (χ0) is 21.7. The molecule has 3 aromatic rings. The monoisotopic (exact) mass is 401 g/mol. The molecule has 1 aliphatic rings. The maximum Gasteiger partial charge on any atom is 0.335 e. The van der Waals surface area contributed by atoms with E-state index in [9.17, 15) is 15.1 Å². The summed E-state index contributed by atoms with van der Waals surface area (Å²) in [5, 5.41) is 24.4. The van der Waals surface area contributed by atoms with Crippen molar-refractivity contribution in [1.29, 1.82) is 0 Å². The topological polar surface area (TPSA) is 69.9 Å². The van der Waals surface area contributed by atoms with Crippen LogP contribution in [0.25, 0.3) is 10.8 Å². The van der Waals surface area contributed by atoms with Gasteiger partial charge >= 0.3 is 5.97 Å². The lowest BCUT2D eigenvalue weighted by atomic mass is 9.63. The SMILES string of the molecule is CC1(C)CCC(C)(C)c2cc(C(=NO)c3ccc4cc(C(=O)O)ccc4c3)ccc21. The molecule has 2 N–H and O–H groups in total. The number of benzene rings is 3. The number of hydrogen-bond acceptors (Lipinski definition) is 3. The third kappa shape index (κ3) is 3.36. The number of carboxylic acids is 1. The molecule has 0 fully saturated rings. The maximum atomic E-state index is 11.2. The molecule has 0 bridgehead atoms. The van der Waals surface area contributed by atoms with E-state index in [1.54, 1.807) is 18.2 Å². The Morgan fingerprint density at radius 1 is 0.767 bits per heavy atom. The van der Waals surface area contributed by atoms with E-state index in [2.05, 4.69) is 45.0 Å². The Morgan fingerprint density at radius 2 is 1.27 bits per heavy atom. The van der Waals surface area contributed by atoms with Gasteiger partial charge in [-0.3, -0.25) is 0 Å². The lowest BCUT2D eigenvalue weighted by molar-refractivity contribution is 0.0697. The lowest BCUT2D eigenvalue weighted by Gasteiger charge is -2.42. The predicted molar refractivity (Wildman–Crippen MR) is 120 cm³/mol. The minimum Gasteiger partial charge on any atom is -0.478 e. The summed E-state index contributed by atoms with van der Waals surface area (Å²) in [5.41, 5.74) is 5.31. The Morgan fingerprint density at radius 3 is 1.87 bits per heavy atom. The minimum atomic E-state index is -0.946. The molecule has 4 rings (SSSR count). The maximum absolute atomic E-state index is 11.2. The molecule has 0 saturated carbocycles. The average molecular weight is 402 g/mol. The van der Waals surface area contributed by atoms with E-state index in [0.717, 1.165) is 34.7 Å². The van der Waals surface area contributed by atoms with E-state index in [4.69, 9.17) is 0 Å². The van der Waals surface area contributed by atoms with Crippen LogP contribution in [0, 0.1) is 0 Å². The van der Waals surface area contributed by atoms with Gasteiger partial charge in [-0.1, -0.05) is 63.2 Å². The first-order valence-electron chi connectivity index (χ1n) is 10.3. The van der Waals surface area contributed by atoms with Gasteiger partial charge in [0.25, 0.3) is 0 Å². The molecule has 0 amide bonds. The van der Waals surface area contributed by atoms with Crippen molar-refractivity contribution in [3.8, 4) is 0 Å². The molecule has 0 radical (unpaired) electrons. The third-order valence-electron chi connectivity index (χ3n) is 6.59. The first-order valence-corrected chi connectivity index (χ1v) is 10.3. The van der Waals surface area contributed by atoms with Crippen LogP contribution in [-0.4, -0.2) is 22.0 Å². The second-order valence-corrected chi connectivity index (χ2v) is 9.56. The first-order chi connectivity index (χ1) is 14.1. The van der Waals surface area contributed by atoms with Gasteiger partial charge in [0.1, 0.15) is 5.71 Å². The molecule has 30 heavy (non-hydrogen) atoms. The molecule has 0 atom stereocenters. The van der Waals surface area contributed by atoms with Crippen LogP contribution in [0.3, 0.4) is 0 Å². The van der Waals surface area contributed by atoms with Gasteiger partial charge in [-0.15, -0.1) is 0 Å². The van der Waals surface area contributed by atoms with E-state index in [1.807, 2.05) is 24.3 Å². The molecule has 0 saturated heterocycles. The zero-order valence-corrected chi connectivity index (χ0v) is 17.9. The highest BCUT2D eigenvalue weighted by molar-refractivity contribution is 6.14. The Bertz CT molecular complexity index is 1190. The third-order valence-corrected chi connectivity index (χ3v) is 6.59. The van der Waals surface area contributed by atoms with Crippen molar-refractivity contribution in [2.75, 3.05) is 0 Å². The van der Waals surface area contributed by atoms with Crippen LogP contribution in [0.2, 0.25) is 0 Å². The van der Waals surface area contributed by atoms with Crippen LogP contribution in [0.5, 0.6) is 0 Å². The second-order valence-electron chi connectivity index (χ2n) is 9.56. The molecule has 3 aromatic carbocycles. The molecular weight excluding hydrogens is 374 g/mol.